The summed E-state index contributed by atoms with van der Waals surface area (Å²) in [5, 5.41) is 17.1. The van der Waals surface area contributed by atoms with Crippen molar-refractivity contribution in [1.29, 1.82) is 0 Å². The predicted molar refractivity (Wildman–Crippen MR) is 84.1 cm³/mol. The number of nitro groups is 1. The lowest BCUT2D eigenvalue weighted by molar-refractivity contribution is -0.383. The summed E-state index contributed by atoms with van der Waals surface area (Å²) in [6, 6.07) is 5.83. The number of carbonyl (C=O) groups excluding carboxylic acids is 2. The van der Waals surface area contributed by atoms with Gasteiger partial charge in [-0.25, -0.2) is 5.43 Å². The maximum Gasteiger partial charge on any atom is 0.292 e. The molecule has 0 spiro atoms. The number of ether oxygens (including phenoxy) is 1. The van der Waals surface area contributed by atoms with E-state index in [0.717, 1.165) is 0 Å². The van der Waals surface area contributed by atoms with Crippen molar-refractivity contribution >= 4 is 28.9 Å². The zero-order valence-electron chi connectivity index (χ0n) is 12.9. The van der Waals surface area contributed by atoms with E-state index in [-0.39, 0.29) is 36.7 Å². The number of benzene rings is 1. The Bertz CT molecular complexity index is 615. The fourth-order valence-electron chi connectivity index (χ4n) is 1.61. The first kappa shape index (κ1) is 18.2. The molecule has 1 aromatic carbocycles. The van der Waals surface area contributed by atoms with Gasteiger partial charge in [0.1, 0.15) is 5.69 Å². The second kappa shape index (κ2) is 9.26. The van der Waals surface area contributed by atoms with Crippen LogP contribution in [0.5, 0.6) is 0 Å². The molecule has 0 aromatic heterocycles. The monoisotopic (exact) mass is 322 g/mol. The van der Waals surface area contributed by atoms with Crippen LogP contribution in [-0.4, -0.2) is 36.2 Å². The first-order chi connectivity index (χ1) is 10.9. The minimum absolute atomic E-state index is 0.101. The highest BCUT2D eigenvalue weighted by Gasteiger charge is 2.15. The second-order valence-corrected chi connectivity index (χ2v) is 4.62. The van der Waals surface area contributed by atoms with Crippen molar-refractivity contribution in [3.8, 4) is 0 Å². The van der Waals surface area contributed by atoms with Gasteiger partial charge in [0.05, 0.1) is 24.4 Å². The first-order valence-corrected chi connectivity index (χ1v) is 6.78. The lowest BCUT2D eigenvalue weighted by atomic mass is 10.2. The number of nitrogens with one attached hydrogen (secondary N) is 2. The summed E-state index contributed by atoms with van der Waals surface area (Å²) in [7, 11) is 1.48. The molecule has 1 rings (SSSR count). The average Bonchev–Trinajstić information content (AvgIpc) is 2.51. The number of carbonyl (C=O) groups is 2. The average molecular weight is 322 g/mol. The largest absolute Gasteiger partial charge is 0.384 e. The number of nitrogens with zero attached hydrogens (tertiary/aromatic N) is 2. The SMILES string of the molecule is COCCC(=O)N/N=C(/C)CC(=O)Nc1ccccc1[N+](=O)[O-]. The molecule has 0 saturated carbocycles. The van der Waals surface area contributed by atoms with Crippen molar-refractivity contribution in [2.24, 2.45) is 5.10 Å². The quantitative estimate of drug-likeness (QED) is 0.426. The van der Waals surface area contributed by atoms with Gasteiger partial charge in [0.15, 0.2) is 0 Å². The number of methoxy groups -OCH3 is 1. The lowest BCUT2D eigenvalue weighted by Crippen LogP contribution is -2.22. The van der Waals surface area contributed by atoms with E-state index < -0.39 is 10.8 Å². The van der Waals surface area contributed by atoms with Crippen LogP contribution < -0.4 is 10.7 Å². The third-order valence-corrected chi connectivity index (χ3v) is 2.70. The third kappa shape index (κ3) is 6.66. The second-order valence-electron chi connectivity index (χ2n) is 4.62. The standard InChI is InChI=1S/C14H18N4O5/c1-10(16-17-13(19)7-8-23-2)9-14(20)15-11-5-3-4-6-12(11)18(21)22/h3-6H,7-9H2,1-2H3,(H,15,20)(H,17,19)/b16-10-. The number of hydrazone groups is 1. The van der Waals surface area contributed by atoms with Gasteiger partial charge in [-0.2, -0.15) is 5.10 Å². The Hall–Kier alpha value is -2.81. The van der Waals surface area contributed by atoms with E-state index in [1.165, 1.54) is 25.3 Å². The third-order valence-electron chi connectivity index (χ3n) is 2.70. The van der Waals surface area contributed by atoms with E-state index in [1.54, 1.807) is 13.0 Å². The molecule has 2 N–H and O–H groups in total. The highest BCUT2D eigenvalue weighted by atomic mass is 16.6. The number of anilines is 1. The zero-order chi connectivity index (χ0) is 17.2. The number of para-hydroxylation sites is 2. The van der Waals surface area contributed by atoms with Crippen LogP contribution in [0.25, 0.3) is 0 Å². The minimum atomic E-state index is -0.577. The molecular formula is C14H18N4O5. The van der Waals surface area contributed by atoms with Gasteiger partial charge in [-0.05, 0) is 13.0 Å². The van der Waals surface area contributed by atoms with Gasteiger partial charge in [-0.15, -0.1) is 0 Å². The summed E-state index contributed by atoms with van der Waals surface area (Å²) < 4.78 is 4.75. The molecular weight excluding hydrogens is 304 g/mol. The predicted octanol–water partition coefficient (Wildman–Crippen LogP) is 1.45. The van der Waals surface area contributed by atoms with Gasteiger partial charge in [-0.3, -0.25) is 19.7 Å². The molecule has 0 aliphatic rings. The van der Waals surface area contributed by atoms with Crippen molar-refractivity contribution in [1.82, 2.24) is 5.43 Å². The molecule has 0 heterocycles. The zero-order valence-corrected chi connectivity index (χ0v) is 12.9. The number of hydrogen-bond donors (Lipinski definition) is 2. The summed E-state index contributed by atoms with van der Waals surface area (Å²) >= 11 is 0. The normalized spacial score (nSPS) is 11.0. The summed E-state index contributed by atoms with van der Waals surface area (Å²) in [5.74, 6) is -0.794. The van der Waals surface area contributed by atoms with E-state index in [4.69, 9.17) is 4.74 Å². The Balaban J connectivity index is 2.56. The van der Waals surface area contributed by atoms with Crippen LogP contribution in [0.1, 0.15) is 19.8 Å². The number of rotatable bonds is 8. The molecule has 9 heteroatoms. The molecule has 9 nitrogen and oxygen atoms in total. The van der Waals surface area contributed by atoms with E-state index >= 15 is 0 Å². The van der Waals surface area contributed by atoms with Crippen LogP contribution >= 0.6 is 0 Å². The first-order valence-electron chi connectivity index (χ1n) is 6.78. The fraction of sp³-hybridized carbons (Fsp3) is 0.357. The van der Waals surface area contributed by atoms with Crippen LogP contribution in [0.3, 0.4) is 0 Å². The number of nitro benzene ring substituents is 1. The Labute approximate surface area is 132 Å². The van der Waals surface area contributed by atoms with Crippen molar-refractivity contribution < 1.29 is 19.2 Å². The molecule has 0 aliphatic carbocycles. The lowest BCUT2D eigenvalue weighted by Gasteiger charge is -2.06. The van der Waals surface area contributed by atoms with E-state index in [0.29, 0.717) is 5.71 Å². The Morgan fingerprint density at radius 1 is 1.30 bits per heavy atom. The van der Waals surface area contributed by atoms with Gasteiger partial charge in [0, 0.05) is 18.9 Å². The molecule has 0 saturated heterocycles. The van der Waals surface area contributed by atoms with Crippen molar-refractivity contribution in [3.05, 3.63) is 34.4 Å². The summed E-state index contributed by atoms with van der Waals surface area (Å²) in [6.45, 7) is 1.84. The van der Waals surface area contributed by atoms with Gasteiger partial charge >= 0.3 is 0 Å². The van der Waals surface area contributed by atoms with Gasteiger partial charge in [-0.1, -0.05) is 12.1 Å². The van der Waals surface area contributed by atoms with Crippen molar-refractivity contribution in [2.45, 2.75) is 19.8 Å². The van der Waals surface area contributed by atoms with E-state index in [2.05, 4.69) is 15.8 Å². The van der Waals surface area contributed by atoms with Crippen LogP contribution in [-0.2, 0) is 14.3 Å². The molecule has 0 fully saturated rings. The smallest absolute Gasteiger partial charge is 0.292 e. The van der Waals surface area contributed by atoms with Crippen LogP contribution in [0, 0.1) is 10.1 Å². The molecule has 23 heavy (non-hydrogen) atoms. The Morgan fingerprint density at radius 2 is 2.00 bits per heavy atom. The summed E-state index contributed by atoms with van der Waals surface area (Å²) in [4.78, 5) is 33.5. The maximum absolute atomic E-state index is 11.9. The fourth-order valence-corrected chi connectivity index (χ4v) is 1.61. The van der Waals surface area contributed by atoms with Crippen LogP contribution in [0.2, 0.25) is 0 Å². The van der Waals surface area contributed by atoms with Crippen LogP contribution in [0.15, 0.2) is 29.4 Å². The number of amides is 2. The van der Waals surface area contributed by atoms with Gasteiger partial charge in [0.25, 0.3) is 5.69 Å². The highest BCUT2D eigenvalue weighted by molar-refractivity contribution is 6.06. The topological polar surface area (TPSA) is 123 Å². The molecule has 2 amide bonds. The molecule has 124 valence electrons. The van der Waals surface area contributed by atoms with E-state index in [1.807, 2.05) is 0 Å². The molecule has 1 aromatic rings. The van der Waals surface area contributed by atoms with Crippen LogP contribution in [0.4, 0.5) is 11.4 Å². The van der Waals surface area contributed by atoms with Gasteiger partial charge < -0.3 is 10.1 Å². The molecule has 0 unspecified atom stereocenters. The molecule has 0 bridgehead atoms. The van der Waals surface area contributed by atoms with E-state index in [9.17, 15) is 19.7 Å². The summed E-state index contributed by atoms with van der Waals surface area (Å²) in [6.07, 6.45) is 0.0618. The molecule has 0 aliphatic heterocycles. The Kier molecular flexibility index (Phi) is 7.34. The minimum Gasteiger partial charge on any atom is -0.384 e. The number of hydrogen-bond acceptors (Lipinski definition) is 6. The maximum atomic E-state index is 11.9. The molecule has 0 radical (unpaired) electrons. The summed E-state index contributed by atoms with van der Waals surface area (Å²) in [5.41, 5.74) is 2.58. The molecule has 0 atom stereocenters. The highest BCUT2D eigenvalue weighted by Crippen LogP contribution is 2.23. The Morgan fingerprint density at radius 3 is 2.65 bits per heavy atom. The van der Waals surface area contributed by atoms with Crippen molar-refractivity contribution in [2.75, 3.05) is 19.0 Å². The van der Waals surface area contributed by atoms with Gasteiger partial charge in [0.2, 0.25) is 11.8 Å². The van der Waals surface area contributed by atoms with Crippen molar-refractivity contribution in [3.63, 3.8) is 0 Å².